The van der Waals surface area contributed by atoms with Crippen LogP contribution in [0.3, 0.4) is 0 Å². The molecule has 0 saturated carbocycles. The van der Waals surface area contributed by atoms with Crippen LogP contribution in [0, 0.1) is 0 Å². The first-order chi connectivity index (χ1) is 12.4. The van der Waals surface area contributed by atoms with E-state index in [1.165, 1.54) is 21.3 Å². The van der Waals surface area contributed by atoms with E-state index in [1.807, 2.05) is 19.9 Å². The second-order valence-electron chi connectivity index (χ2n) is 6.15. The topological polar surface area (TPSA) is 77.0 Å². The Labute approximate surface area is 153 Å². The Morgan fingerprint density at radius 1 is 1.04 bits per heavy atom. The molecular weight excluding hydrogens is 334 g/mol. The van der Waals surface area contributed by atoms with E-state index in [4.69, 9.17) is 14.2 Å². The number of rotatable bonds is 7. The fraction of sp³-hybridized carbons (Fsp3) is 0.350. The second-order valence-corrected chi connectivity index (χ2v) is 6.15. The Morgan fingerprint density at radius 3 is 2.15 bits per heavy atom. The van der Waals surface area contributed by atoms with Crippen molar-refractivity contribution in [3.8, 4) is 23.0 Å². The van der Waals surface area contributed by atoms with Crippen LogP contribution < -0.4 is 19.5 Å². The number of carbonyl (C=O) groups excluding carboxylic acids is 1. The molecule has 2 aromatic rings. The number of hydrogen-bond donors (Lipinski definition) is 2. The largest absolute Gasteiger partial charge is 0.507 e. The molecule has 0 aromatic heterocycles. The molecule has 0 saturated heterocycles. The van der Waals surface area contributed by atoms with Gasteiger partial charge in [0.15, 0.2) is 11.5 Å². The number of benzene rings is 2. The lowest BCUT2D eigenvalue weighted by Crippen LogP contribution is -2.23. The molecule has 0 unspecified atom stereocenters. The number of phenolic OH excluding ortho intramolecular Hbond substituents is 1. The van der Waals surface area contributed by atoms with Crippen molar-refractivity contribution in [1.29, 1.82) is 0 Å². The van der Waals surface area contributed by atoms with Gasteiger partial charge in [-0.3, -0.25) is 4.79 Å². The molecule has 6 nitrogen and oxygen atoms in total. The van der Waals surface area contributed by atoms with Gasteiger partial charge in [0.25, 0.3) is 5.91 Å². The van der Waals surface area contributed by atoms with E-state index in [0.717, 1.165) is 11.1 Å². The van der Waals surface area contributed by atoms with E-state index < -0.39 is 0 Å². The van der Waals surface area contributed by atoms with Gasteiger partial charge in [0.1, 0.15) is 5.75 Å². The summed E-state index contributed by atoms with van der Waals surface area (Å²) in [4.78, 5) is 12.5. The molecule has 140 valence electrons. The molecule has 2 rings (SSSR count). The molecule has 0 aliphatic rings. The summed E-state index contributed by atoms with van der Waals surface area (Å²) in [6, 6.07) is 8.61. The maximum Gasteiger partial charge on any atom is 0.255 e. The predicted molar refractivity (Wildman–Crippen MR) is 99.5 cm³/mol. The zero-order valence-electron chi connectivity index (χ0n) is 15.8. The summed E-state index contributed by atoms with van der Waals surface area (Å²) in [6.45, 7) is 4.31. The molecule has 2 N–H and O–H groups in total. The highest BCUT2D eigenvalue weighted by molar-refractivity contribution is 5.97. The van der Waals surface area contributed by atoms with E-state index in [1.54, 1.807) is 24.3 Å². The van der Waals surface area contributed by atoms with Crippen LogP contribution in [0.2, 0.25) is 0 Å². The van der Waals surface area contributed by atoms with Gasteiger partial charge in [0.2, 0.25) is 5.75 Å². The molecular formula is C20H25NO5. The lowest BCUT2D eigenvalue weighted by atomic mass is 10.00. The maximum atomic E-state index is 12.5. The molecule has 1 amide bonds. The second kappa shape index (κ2) is 8.47. The summed E-state index contributed by atoms with van der Waals surface area (Å²) in [6.07, 6.45) is 0. The Morgan fingerprint density at radius 2 is 1.65 bits per heavy atom. The third kappa shape index (κ3) is 4.20. The molecule has 6 heteroatoms. The first-order valence-corrected chi connectivity index (χ1v) is 8.31. The van der Waals surface area contributed by atoms with Crippen LogP contribution in [0.4, 0.5) is 0 Å². The highest BCUT2D eigenvalue weighted by atomic mass is 16.5. The third-order valence-electron chi connectivity index (χ3n) is 4.11. The minimum absolute atomic E-state index is 0.0446. The summed E-state index contributed by atoms with van der Waals surface area (Å²) in [7, 11) is 4.61. The van der Waals surface area contributed by atoms with Crippen molar-refractivity contribution in [3.63, 3.8) is 0 Å². The molecule has 26 heavy (non-hydrogen) atoms. The summed E-state index contributed by atoms with van der Waals surface area (Å²) in [5.41, 5.74) is 2.02. The van der Waals surface area contributed by atoms with Gasteiger partial charge in [-0.05, 0) is 41.3 Å². The van der Waals surface area contributed by atoms with Gasteiger partial charge < -0.3 is 24.6 Å². The zero-order chi connectivity index (χ0) is 19.3. The molecule has 0 radical (unpaired) electrons. The number of hydrogen-bond acceptors (Lipinski definition) is 5. The molecule has 2 aromatic carbocycles. The molecule has 0 heterocycles. The summed E-state index contributed by atoms with van der Waals surface area (Å²) >= 11 is 0. The summed E-state index contributed by atoms with van der Waals surface area (Å²) in [5.74, 6) is 1.39. The van der Waals surface area contributed by atoms with E-state index >= 15 is 0 Å². The van der Waals surface area contributed by atoms with Crippen molar-refractivity contribution < 1.29 is 24.1 Å². The van der Waals surface area contributed by atoms with Crippen molar-refractivity contribution in [1.82, 2.24) is 5.32 Å². The maximum absolute atomic E-state index is 12.5. The van der Waals surface area contributed by atoms with Gasteiger partial charge in [-0.25, -0.2) is 0 Å². The Hall–Kier alpha value is -2.89. The Bertz CT molecular complexity index is 761. The molecule has 0 fully saturated rings. The van der Waals surface area contributed by atoms with Gasteiger partial charge in [-0.1, -0.05) is 19.9 Å². The standard InChI is InChI=1S/C20H25NO5/c1-12(2)14-6-7-16(22)15(10-14)20(23)21-11-13-8-17(24-3)19(26-5)18(9-13)25-4/h6-10,12,22H,11H2,1-5H3,(H,21,23). The third-order valence-corrected chi connectivity index (χ3v) is 4.11. The lowest BCUT2D eigenvalue weighted by molar-refractivity contribution is 0.0948. The van der Waals surface area contributed by atoms with Gasteiger partial charge in [-0.2, -0.15) is 0 Å². The Kier molecular flexibility index (Phi) is 6.33. The van der Waals surface area contributed by atoms with Crippen molar-refractivity contribution in [2.75, 3.05) is 21.3 Å². The first kappa shape index (κ1) is 19.4. The SMILES string of the molecule is COc1cc(CNC(=O)c2cc(C(C)C)ccc2O)cc(OC)c1OC. The van der Waals surface area contributed by atoms with Crippen molar-refractivity contribution in [2.45, 2.75) is 26.3 Å². The van der Waals surface area contributed by atoms with Crippen LogP contribution in [0.15, 0.2) is 30.3 Å². The molecule has 0 bridgehead atoms. The molecule has 0 aliphatic heterocycles. The van der Waals surface area contributed by atoms with Crippen LogP contribution in [-0.4, -0.2) is 32.3 Å². The van der Waals surface area contributed by atoms with Crippen LogP contribution >= 0.6 is 0 Å². The van der Waals surface area contributed by atoms with Crippen LogP contribution in [0.5, 0.6) is 23.0 Å². The number of carbonyl (C=O) groups is 1. The predicted octanol–water partition coefficient (Wildman–Crippen LogP) is 3.47. The minimum Gasteiger partial charge on any atom is -0.507 e. The van der Waals surface area contributed by atoms with Crippen molar-refractivity contribution >= 4 is 5.91 Å². The number of amides is 1. The zero-order valence-corrected chi connectivity index (χ0v) is 15.8. The quantitative estimate of drug-likeness (QED) is 0.791. The first-order valence-electron chi connectivity index (χ1n) is 8.31. The monoisotopic (exact) mass is 359 g/mol. The fourth-order valence-electron chi connectivity index (χ4n) is 2.61. The normalized spacial score (nSPS) is 10.5. The lowest BCUT2D eigenvalue weighted by Gasteiger charge is -2.15. The van der Waals surface area contributed by atoms with Crippen LogP contribution in [0.25, 0.3) is 0 Å². The number of phenols is 1. The van der Waals surface area contributed by atoms with Crippen molar-refractivity contribution in [3.05, 3.63) is 47.0 Å². The van der Waals surface area contributed by atoms with Crippen LogP contribution in [0.1, 0.15) is 41.3 Å². The Balaban J connectivity index is 2.21. The average molecular weight is 359 g/mol. The van der Waals surface area contributed by atoms with Gasteiger partial charge in [0.05, 0.1) is 26.9 Å². The van der Waals surface area contributed by atoms with E-state index in [2.05, 4.69) is 5.32 Å². The minimum atomic E-state index is -0.348. The van der Waals surface area contributed by atoms with Gasteiger partial charge in [-0.15, -0.1) is 0 Å². The summed E-state index contributed by atoms with van der Waals surface area (Å²) in [5, 5.41) is 12.8. The van der Waals surface area contributed by atoms with Crippen molar-refractivity contribution in [2.24, 2.45) is 0 Å². The number of nitrogens with one attached hydrogen (secondary N) is 1. The van der Waals surface area contributed by atoms with Crippen LogP contribution in [-0.2, 0) is 6.54 Å². The summed E-state index contributed by atoms with van der Waals surface area (Å²) < 4.78 is 15.9. The highest BCUT2D eigenvalue weighted by Crippen LogP contribution is 2.38. The molecule has 0 spiro atoms. The van der Waals surface area contributed by atoms with Gasteiger partial charge >= 0.3 is 0 Å². The smallest absolute Gasteiger partial charge is 0.255 e. The molecule has 0 aliphatic carbocycles. The number of methoxy groups -OCH3 is 3. The average Bonchev–Trinajstić information content (AvgIpc) is 2.65. The van der Waals surface area contributed by atoms with Gasteiger partial charge in [0, 0.05) is 6.54 Å². The fourth-order valence-corrected chi connectivity index (χ4v) is 2.61. The molecule has 0 atom stereocenters. The van der Waals surface area contributed by atoms with E-state index in [9.17, 15) is 9.90 Å². The highest BCUT2D eigenvalue weighted by Gasteiger charge is 2.16. The van der Waals surface area contributed by atoms with E-state index in [-0.39, 0.29) is 29.7 Å². The van der Waals surface area contributed by atoms with E-state index in [0.29, 0.717) is 17.2 Å². The number of ether oxygens (including phenoxy) is 3. The number of aromatic hydroxyl groups is 1.